The number of methoxy groups -OCH3 is 2. The van der Waals surface area contributed by atoms with Crippen LogP contribution in [0, 0.1) is 0 Å². The molecule has 0 saturated heterocycles. The molecule has 1 atom stereocenters. The first kappa shape index (κ1) is 16.4. The predicted molar refractivity (Wildman–Crippen MR) is 78.6 cm³/mol. The number of carbonyl (C=O) groups excluding carboxylic acids is 1. The molecule has 1 aromatic carbocycles. The lowest BCUT2D eigenvalue weighted by Crippen LogP contribution is -2.46. The quantitative estimate of drug-likeness (QED) is 0.726. The van der Waals surface area contributed by atoms with E-state index in [1.54, 1.807) is 24.3 Å². The summed E-state index contributed by atoms with van der Waals surface area (Å²) >= 11 is 5.84. The third kappa shape index (κ3) is 3.44. The van der Waals surface area contributed by atoms with Gasteiger partial charge >= 0.3 is 0 Å². The molecule has 2 aromatic rings. The molecule has 0 bridgehead atoms. The first-order chi connectivity index (χ1) is 10.5. The van der Waals surface area contributed by atoms with Gasteiger partial charge in [0.1, 0.15) is 18.4 Å². The fourth-order valence-corrected chi connectivity index (χ4v) is 1.84. The molecule has 0 N–H and O–H groups in total. The summed E-state index contributed by atoms with van der Waals surface area (Å²) < 4.78 is 17.3. The SMILES string of the molecule is COC(C)(OC)C(=O)C(Oc1ccc(Cl)cc1)n1cncn1. The molecule has 0 aliphatic rings. The van der Waals surface area contributed by atoms with Crippen LogP contribution in [0.1, 0.15) is 13.2 Å². The van der Waals surface area contributed by atoms with E-state index in [-0.39, 0.29) is 0 Å². The summed E-state index contributed by atoms with van der Waals surface area (Å²) in [6, 6.07) is 6.62. The Bertz CT molecular complexity index is 612. The number of halogens is 1. The molecule has 0 spiro atoms. The molecular formula is C14H16ClN3O4. The lowest BCUT2D eigenvalue weighted by molar-refractivity contribution is -0.208. The molecule has 22 heavy (non-hydrogen) atoms. The van der Waals surface area contributed by atoms with Crippen molar-refractivity contribution in [1.29, 1.82) is 0 Å². The van der Waals surface area contributed by atoms with Crippen molar-refractivity contribution in [2.24, 2.45) is 0 Å². The van der Waals surface area contributed by atoms with Crippen LogP contribution in [0.5, 0.6) is 5.75 Å². The minimum Gasteiger partial charge on any atom is -0.461 e. The van der Waals surface area contributed by atoms with Crippen molar-refractivity contribution in [2.75, 3.05) is 14.2 Å². The molecule has 118 valence electrons. The molecule has 0 aliphatic carbocycles. The van der Waals surface area contributed by atoms with Crippen molar-refractivity contribution in [3.63, 3.8) is 0 Å². The lowest BCUT2D eigenvalue weighted by Gasteiger charge is -2.29. The van der Waals surface area contributed by atoms with Crippen molar-refractivity contribution >= 4 is 17.4 Å². The van der Waals surface area contributed by atoms with Gasteiger partial charge in [0, 0.05) is 19.2 Å². The van der Waals surface area contributed by atoms with Crippen LogP contribution in [0.4, 0.5) is 0 Å². The Hall–Kier alpha value is -1.96. The van der Waals surface area contributed by atoms with Gasteiger partial charge in [-0.1, -0.05) is 11.6 Å². The van der Waals surface area contributed by atoms with E-state index in [1.807, 2.05) is 0 Å². The second-order valence-electron chi connectivity index (χ2n) is 4.52. The van der Waals surface area contributed by atoms with E-state index in [2.05, 4.69) is 10.1 Å². The molecule has 0 fully saturated rings. The average molecular weight is 326 g/mol. The molecule has 1 aromatic heterocycles. The first-order valence-electron chi connectivity index (χ1n) is 6.41. The third-order valence-corrected chi connectivity index (χ3v) is 3.44. The van der Waals surface area contributed by atoms with E-state index in [9.17, 15) is 4.79 Å². The Morgan fingerprint density at radius 1 is 1.27 bits per heavy atom. The number of hydrogen-bond donors (Lipinski definition) is 0. The fourth-order valence-electron chi connectivity index (χ4n) is 1.72. The van der Waals surface area contributed by atoms with Gasteiger partial charge in [-0.05, 0) is 31.2 Å². The number of carbonyl (C=O) groups is 1. The minimum absolute atomic E-state index is 0.452. The van der Waals surface area contributed by atoms with Crippen LogP contribution in [0.2, 0.25) is 5.02 Å². The molecule has 0 aliphatic heterocycles. The summed E-state index contributed by atoms with van der Waals surface area (Å²) in [5.74, 6) is -1.48. The largest absolute Gasteiger partial charge is 0.461 e. The van der Waals surface area contributed by atoms with Gasteiger partial charge in [0.25, 0.3) is 12.0 Å². The van der Waals surface area contributed by atoms with Crippen LogP contribution in [0.15, 0.2) is 36.9 Å². The van der Waals surface area contributed by atoms with Gasteiger partial charge in [-0.25, -0.2) is 9.67 Å². The molecule has 1 unspecified atom stereocenters. The van der Waals surface area contributed by atoms with Crippen molar-refractivity contribution in [3.05, 3.63) is 41.9 Å². The fraction of sp³-hybridized carbons (Fsp3) is 0.357. The Morgan fingerprint density at radius 2 is 1.91 bits per heavy atom. The Labute approximate surface area is 132 Å². The highest BCUT2D eigenvalue weighted by atomic mass is 35.5. The monoisotopic (exact) mass is 325 g/mol. The molecule has 1 heterocycles. The topological polar surface area (TPSA) is 75.5 Å². The van der Waals surface area contributed by atoms with Crippen molar-refractivity contribution in [2.45, 2.75) is 18.9 Å². The number of aromatic nitrogens is 3. The highest BCUT2D eigenvalue weighted by Crippen LogP contribution is 2.25. The lowest BCUT2D eigenvalue weighted by atomic mass is 10.1. The number of nitrogens with zero attached hydrogens (tertiary/aromatic N) is 3. The van der Waals surface area contributed by atoms with Crippen LogP contribution in [-0.2, 0) is 14.3 Å². The molecule has 8 heteroatoms. The summed E-state index contributed by atoms with van der Waals surface area (Å²) in [4.78, 5) is 16.5. The van der Waals surface area contributed by atoms with Crippen molar-refractivity contribution < 1.29 is 19.0 Å². The highest BCUT2D eigenvalue weighted by Gasteiger charge is 2.41. The minimum atomic E-state index is -1.47. The van der Waals surface area contributed by atoms with Crippen LogP contribution < -0.4 is 4.74 Å². The Kier molecular flexibility index (Phi) is 5.12. The van der Waals surface area contributed by atoms with Crippen LogP contribution >= 0.6 is 11.6 Å². The van der Waals surface area contributed by atoms with Gasteiger partial charge < -0.3 is 14.2 Å². The normalized spacial score (nSPS) is 12.9. The number of ketones is 1. The van der Waals surface area contributed by atoms with Gasteiger partial charge in [0.2, 0.25) is 5.79 Å². The summed E-state index contributed by atoms with van der Waals surface area (Å²) in [6.07, 6.45) is 1.60. The predicted octanol–water partition coefficient (Wildman–Crippen LogP) is 2.09. The van der Waals surface area contributed by atoms with Crippen molar-refractivity contribution in [1.82, 2.24) is 14.8 Å². The average Bonchev–Trinajstić information content (AvgIpc) is 3.07. The van der Waals surface area contributed by atoms with E-state index in [4.69, 9.17) is 25.8 Å². The zero-order valence-corrected chi connectivity index (χ0v) is 13.1. The Balaban J connectivity index is 2.31. The van der Waals surface area contributed by atoms with Crippen LogP contribution in [0.25, 0.3) is 0 Å². The molecule has 0 saturated carbocycles. The van der Waals surface area contributed by atoms with Gasteiger partial charge in [-0.15, -0.1) is 0 Å². The highest BCUT2D eigenvalue weighted by molar-refractivity contribution is 6.30. The first-order valence-corrected chi connectivity index (χ1v) is 6.79. The standard InChI is InChI=1S/C14H16ClN3O4/c1-14(20-2,21-3)12(19)13(18-9-16-8-17-18)22-11-6-4-10(15)5-7-11/h4-9,13H,1-3H3. The van der Waals surface area contributed by atoms with E-state index in [0.29, 0.717) is 10.8 Å². The van der Waals surface area contributed by atoms with Gasteiger partial charge in [0.05, 0.1) is 0 Å². The Morgan fingerprint density at radius 3 is 2.41 bits per heavy atom. The summed E-state index contributed by atoms with van der Waals surface area (Å²) in [5, 5.41) is 4.52. The maximum absolute atomic E-state index is 12.7. The van der Waals surface area contributed by atoms with Crippen LogP contribution in [0.3, 0.4) is 0 Å². The van der Waals surface area contributed by atoms with Gasteiger partial charge in [-0.3, -0.25) is 4.79 Å². The zero-order chi connectivity index (χ0) is 16.2. The number of ether oxygens (including phenoxy) is 3. The third-order valence-electron chi connectivity index (χ3n) is 3.19. The van der Waals surface area contributed by atoms with E-state index < -0.39 is 17.8 Å². The summed E-state index contributed by atoms with van der Waals surface area (Å²) in [6.45, 7) is 1.50. The molecule has 2 rings (SSSR count). The number of rotatable bonds is 7. The maximum Gasteiger partial charge on any atom is 0.257 e. The maximum atomic E-state index is 12.7. The summed E-state index contributed by atoms with van der Waals surface area (Å²) in [5.41, 5.74) is 0. The molecule has 7 nitrogen and oxygen atoms in total. The van der Waals surface area contributed by atoms with E-state index >= 15 is 0 Å². The molecule has 0 radical (unpaired) electrons. The zero-order valence-electron chi connectivity index (χ0n) is 12.4. The summed E-state index contributed by atoms with van der Waals surface area (Å²) in [7, 11) is 2.75. The van der Waals surface area contributed by atoms with Gasteiger partial charge in [0.15, 0.2) is 0 Å². The molecular weight excluding hydrogens is 310 g/mol. The van der Waals surface area contributed by atoms with Crippen LogP contribution in [-0.4, -0.2) is 40.6 Å². The smallest absolute Gasteiger partial charge is 0.257 e. The second-order valence-corrected chi connectivity index (χ2v) is 4.95. The molecule has 0 amide bonds. The second kappa shape index (κ2) is 6.87. The van der Waals surface area contributed by atoms with E-state index in [1.165, 1.54) is 38.5 Å². The number of Topliss-reactive ketones (excluding diaryl/α,β-unsaturated/α-hetero) is 1. The van der Waals surface area contributed by atoms with E-state index in [0.717, 1.165) is 0 Å². The van der Waals surface area contributed by atoms with Gasteiger partial charge in [-0.2, -0.15) is 5.10 Å². The number of hydrogen-bond acceptors (Lipinski definition) is 6. The van der Waals surface area contributed by atoms with Crippen molar-refractivity contribution in [3.8, 4) is 5.75 Å². The number of benzene rings is 1.